The third-order valence-electron chi connectivity index (χ3n) is 1.54. The Morgan fingerprint density at radius 1 is 1.38 bits per heavy atom. The predicted molar refractivity (Wildman–Crippen MR) is 57.0 cm³/mol. The summed E-state index contributed by atoms with van der Waals surface area (Å²) in [5.41, 5.74) is 1.89. The highest BCUT2D eigenvalue weighted by Crippen LogP contribution is 2.22. The van der Waals surface area contributed by atoms with Crippen LogP contribution in [0.1, 0.15) is 5.56 Å². The predicted octanol–water partition coefficient (Wildman–Crippen LogP) is 2.30. The van der Waals surface area contributed by atoms with Crippen LogP contribution in [0.4, 0.5) is 5.69 Å². The molecule has 0 aromatic heterocycles. The first-order valence-electron chi connectivity index (χ1n) is 3.76. The van der Waals surface area contributed by atoms with Gasteiger partial charge in [-0.1, -0.05) is 17.7 Å². The standard InChI is InChI=1S/C9H10ClN3/c1-7-2-3-8(10)6-9(7)12-4-5-13-11/h2-6H,11H2,1H3/b12-4-,13-5-. The van der Waals surface area contributed by atoms with Crippen molar-refractivity contribution in [1.82, 2.24) is 0 Å². The molecule has 2 N–H and O–H groups in total. The van der Waals surface area contributed by atoms with Crippen LogP contribution in [-0.4, -0.2) is 12.4 Å². The monoisotopic (exact) mass is 195 g/mol. The highest BCUT2D eigenvalue weighted by atomic mass is 35.5. The molecule has 3 nitrogen and oxygen atoms in total. The van der Waals surface area contributed by atoms with Crippen molar-refractivity contribution in [1.29, 1.82) is 0 Å². The van der Waals surface area contributed by atoms with Crippen LogP contribution in [-0.2, 0) is 0 Å². The minimum Gasteiger partial charge on any atom is -0.323 e. The normalized spacial score (nSPS) is 11.5. The number of benzene rings is 1. The lowest BCUT2D eigenvalue weighted by molar-refractivity contribution is 1.27. The molecule has 0 radical (unpaired) electrons. The van der Waals surface area contributed by atoms with Crippen molar-refractivity contribution < 1.29 is 0 Å². The van der Waals surface area contributed by atoms with Gasteiger partial charge < -0.3 is 5.84 Å². The second kappa shape index (κ2) is 4.62. The zero-order valence-electron chi connectivity index (χ0n) is 7.24. The van der Waals surface area contributed by atoms with Gasteiger partial charge in [0.2, 0.25) is 0 Å². The molecule has 68 valence electrons. The van der Waals surface area contributed by atoms with Crippen molar-refractivity contribution in [2.75, 3.05) is 0 Å². The highest BCUT2D eigenvalue weighted by molar-refractivity contribution is 6.30. The van der Waals surface area contributed by atoms with E-state index in [-0.39, 0.29) is 0 Å². The first-order valence-corrected chi connectivity index (χ1v) is 4.14. The van der Waals surface area contributed by atoms with Gasteiger partial charge in [0.05, 0.1) is 11.9 Å². The smallest absolute Gasteiger partial charge is 0.0674 e. The molecule has 0 saturated carbocycles. The minimum atomic E-state index is 0.669. The van der Waals surface area contributed by atoms with E-state index in [1.165, 1.54) is 12.4 Å². The molecule has 0 aliphatic heterocycles. The minimum absolute atomic E-state index is 0.669. The largest absolute Gasteiger partial charge is 0.323 e. The van der Waals surface area contributed by atoms with Crippen LogP contribution in [0.15, 0.2) is 28.3 Å². The van der Waals surface area contributed by atoms with Crippen molar-refractivity contribution in [3.63, 3.8) is 0 Å². The molecule has 0 unspecified atom stereocenters. The average Bonchev–Trinajstić information content (AvgIpc) is 2.11. The van der Waals surface area contributed by atoms with Crippen molar-refractivity contribution in [3.8, 4) is 0 Å². The van der Waals surface area contributed by atoms with Gasteiger partial charge >= 0.3 is 0 Å². The van der Waals surface area contributed by atoms with Crippen LogP contribution in [0.5, 0.6) is 0 Å². The maximum Gasteiger partial charge on any atom is 0.0674 e. The summed E-state index contributed by atoms with van der Waals surface area (Å²) in [6.45, 7) is 1.96. The van der Waals surface area contributed by atoms with Crippen molar-refractivity contribution in [2.24, 2.45) is 15.9 Å². The van der Waals surface area contributed by atoms with E-state index >= 15 is 0 Å². The van der Waals surface area contributed by atoms with E-state index in [9.17, 15) is 0 Å². The number of hydrazone groups is 1. The summed E-state index contributed by atoms with van der Waals surface area (Å²) >= 11 is 5.80. The van der Waals surface area contributed by atoms with Crippen molar-refractivity contribution in [2.45, 2.75) is 6.92 Å². The summed E-state index contributed by atoms with van der Waals surface area (Å²) in [6.07, 6.45) is 2.94. The Bertz CT molecular complexity index is 345. The molecule has 0 bridgehead atoms. The summed E-state index contributed by atoms with van der Waals surface area (Å²) in [5.74, 6) is 4.91. The molecule has 4 heteroatoms. The van der Waals surface area contributed by atoms with Gasteiger partial charge in [0.25, 0.3) is 0 Å². The van der Waals surface area contributed by atoms with E-state index in [0.717, 1.165) is 11.3 Å². The lowest BCUT2D eigenvalue weighted by Gasteiger charge is -1.98. The molecule has 0 fully saturated rings. The van der Waals surface area contributed by atoms with Gasteiger partial charge in [0, 0.05) is 11.2 Å². The summed E-state index contributed by atoms with van der Waals surface area (Å²) in [7, 11) is 0. The number of aliphatic imine (C=N–C) groups is 1. The van der Waals surface area contributed by atoms with Gasteiger partial charge in [-0.25, -0.2) is 0 Å². The number of aryl methyl sites for hydroxylation is 1. The zero-order valence-corrected chi connectivity index (χ0v) is 7.99. The number of hydrogen-bond donors (Lipinski definition) is 1. The van der Waals surface area contributed by atoms with Crippen molar-refractivity contribution >= 4 is 29.7 Å². The van der Waals surface area contributed by atoms with Gasteiger partial charge in [-0.2, -0.15) is 5.10 Å². The van der Waals surface area contributed by atoms with Crippen molar-refractivity contribution in [3.05, 3.63) is 28.8 Å². The van der Waals surface area contributed by atoms with Gasteiger partial charge in [-0.3, -0.25) is 4.99 Å². The molecular formula is C9H10ClN3. The lowest BCUT2D eigenvalue weighted by atomic mass is 10.2. The van der Waals surface area contributed by atoms with Crippen LogP contribution in [0.25, 0.3) is 0 Å². The van der Waals surface area contributed by atoms with E-state index in [2.05, 4.69) is 10.1 Å². The first-order chi connectivity index (χ1) is 6.24. The molecule has 1 rings (SSSR count). The number of nitrogens with zero attached hydrogens (tertiary/aromatic N) is 2. The van der Waals surface area contributed by atoms with Crippen LogP contribution in [0.2, 0.25) is 5.02 Å². The fraction of sp³-hybridized carbons (Fsp3) is 0.111. The molecule has 0 aliphatic rings. The Balaban J connectivity index is 2.93. The maximum absolute atomic E-state index is 5.80. The van der Waals surface area contributed by atoms with E-state index in [0.29, 0.717) is 5.02 Å². The summed E-state index contributed by atoms with van der Waals surface area (Å²) in [6, 6.07) is 5.53. The molecule has 0 aliphatic carbocycles. The molecule has 1 aromatic carbocycles. The third-order valence-corrected chi connectivity index (χ3v) is 1.77. The molecule has 0 amide bonds. The van der Waals surface area contributed by atoms with Gasteiger partial charge in [0.15, 0.2) is 0 Å². The Hall–Kier alpha value is -1.35. The fourth-order valence-corrected chi connectivity index (χ4v) is 1.04. The fourth-order valence-electron chi connectivity index (χ4n) is 0.874. The van der Waals surface area contributed by atoms with Gasteiger partial charge in [-0.15, -0.1) is 0 Å². The summed E-state index contributed by atoms with van der Waals surface area (Å²) < 4.78 is 0. The van der Waals surface area contributed by atoms with Gasteiger partial charge in [-0.05, 0) is 24.6 Å². The van der Waals surface area contributed by atoms with E-state index in [1.807, 2.05) is 19.1 Å². The summed E-state index contributed by atoms with van der Waals surface area (Å²) in [5, 5.41) is 3.96. The molecule has 0 atom stereocenters. The van der Waals surface area contributed by atoms with Crippen LogP contribution in [0, 0.1) is 6.92 Å². The molecule has 1 aromatic rings. The average molecular weight is 196 g/mol. The second-order valence-electron chi connectivity index (χ2n) is 2.51. The quantitative estimate of drug-likeness (QED) is 0.440. The zero-order chi connectivity index (χ0) is 9.68. The Labute approximate surface area is 81.9 Å². The molecule has 0 spiro atoms. The number of rotatable bonds is 2. The number of hydrogen-bond acceptors (Lipinski definition) is 3. The molecule has 0 heterocycles. The molecular weight excluding hydrogens is 186 g/mol. The first kappa shape index (κ1) is 9.74. The van der Waals surface area contributed by atoms with E-state index < -0.39 is 0 Å². The van der Waals surface area contributed by atoms with Crippen LogP contribution < -0.4 is 5.84 Å². The van der Waals surface area contributed by atoms with E-state index in [1.54, 1.807) is 6.07 Å². The number of halogens is 1. The summed E-state index contributed by atoms with van der Waals surface area (Å²) in [4.78, 5) is 4.12. The molecule has 13 heavy (non-hydrogen) atoms. The second-order valence-corrected chi connectivity index (χ2v) is 2.94. The Kier molecular flexibility index (Phi) is 3.46. The van der Waals surface area contributed by atoms with Crippen LogP contribution in [0.3, 0.4) is 0 Å². The third kappa shape index (κ3) is 2.87. The SMILES string of the molecule is Cc1ccc(Cl)cc1/N=C\C=N/N. The maximum atomic E-state index is 5.80. The van der Waals surface area contributed by atoms with Crippen LogP contribution >= 0.6 is 11.6 Å². The number of nitrogens with two attached hydrogens (primary N) is 1. The Morgan fingerprint density at radius 3 is 2.85 bits per heavy atom. The lowest BCUT2D eigenvalue weighted by Crippen LogP contribution is -1.83. The topological polar surface area (TPSA) is 50.7 Å². The van der Waals surface area contributed by atoms with E-state index in [4.69, 9.17) is 17.4 Å². The Morgan fingerprint density at radius 2 is 2.15 bits per heavy atom. The van der Waals surface area contributed by atoms with Gasteiger partial charge in [0.1, 0.15) is 0 Å². The highest BCUT2D eigenvalue weighted by Gasteiger charge is 1.95. The molecule has 0 saturated heterocycles.